The molecule has 0 nitrogen and oxygen atoms in total. The molecule has 98 valence electrons. The van der Waals surface area contributed by atoms with Gasteiger partial charge in [-0.05, 0) is 54.7 Å². The first-order chi connectivity index (χ1) is 8.79. The van der Waals surface area contributed by atoms with Crippen LogP contribution in [-0.4, -0.2) is 0 Å². The molecule has 0 heterocycles. The zero-order chi connectivity index (χ0) is 12.8. The number of hydrogen-bond acceptors (Lipinski definition) is 0. The molecule has 0 saturated carbocycles. The molecule has 1 aromatic rings. The van der Waals surface area contributed by atoms with E-state index in [1.807, 2.05) is 0 Å². The molecular formula is C18H26. The lowest BCUT2D eigenvalue weighted by molar-refractivity contribution is 0.534. The van der Waals surface area contributed by atoms with Crippen molar-refractivity contribution in [3.05, 3.63) is 41.5 Å². The lowest BCUT2D eigenvalue weighted by Crippen LogP contribution is -2.01. The summed E-state index contributed by atoms with van der Waals surface area (Å²) in [6.45, 7) is 4.61. The number of aryl methyl sites for hydroxylation is 1. The number of hydrogen-bond donors (Lipinski definition) is 0. The Morgan fingerprint density at radius 1 is 1.11 bits per heavy atom. The molecule has 0 N–H and O–H groups in total. The second kappa shape index (κ2) is 6.78. The van der Waals surface area contributed by atoms with Crippen LogP contribution in [0.5, 0.6) is 0 Å². The summed E-state index contributed by atoms with van der Waals surface area (Å²) >= 11 is 0. The van der Waals surface area contributed by atoms with Gasteiger partial charge in [0.15, 0.2) is 0 Å². The summed E-state index contributed by atoms with van der Waals surface area (Å²) in [4.78, 5) is 0. The molecule has 18 heavy (non-hydrogen) atoms. The first-order valence-corrected chi connectivity index (χ1v) is 7.58. The Hall–Kier alpha value is -1.04. The van der Waals surface area contributed by atoms with Crippen LogP contribution in [0.1, 0.15) is 63.5 Å². The molecule has 1 aliphatic rings. The first kappa shape index (κ1) is 13.4. The highest BCUT2D eigenvalue weighted by Crippen LogP contribution is 2.29. The van der Waals surface area contributed by atoms with Gasteiger partial charge in [0.05, 0.1) is 0 Å². The lowest BCUT2D eigenvalue weighted by atomic mass is 9.87. The minimum absolute atomic E-state index is 0.877. The van der Waals surface area contributed by atoms with Gasteiger partial charge in [-0.25, -0.2) is 0 Å². The van der Waals surface area contributed by atoms with E-state index in [9.17, 15) is 0 Å². The Morgan fingerprint density at radius 3 is 2.50 bits per heavy atom. The second-order valence-corrected chi connectivity index (χ2v) is 5.76. The summed E-state index contributed by atoms with van der Waals surface area (Å²) < 4.78 is 0. The standard InChI is InChI=1S/C18H26/c1-3-4-5-6-16-9-13-18(14-10-16)17-11-7-15(2)8-12-17/h9-11,13-15H,3-8,12H2,1-2H3. The number of allylic oxidation sites excluding steroid dienone is 2. The number of unbranched alkanes of at least 4 members (excludes halogenated alkanes) is 2. The van der Waals surface area contributed by atoms with Crippen molar-refractivity contribution in [3.63, 3.8) is 0 Å². The van der Waals surface area contributed by atoms with Crippen molar-refractivity contribution >= 4 is 5.57 Å². The molecule has 0 aliphatic heterocycles. The predicted octanol–water partition coefficient (Wildman–Crippen LogP) is 5.62. The van der Waals surface area contributed by atoms with Gasteiger partial charge in [-0.1, -0.05) is 57.0 Å². The minimum Gasteiger partial charge on any atom is -0.0805 e. The van der Waals surface area contributed by atoms with Crippen LogP contribution in [0.2, 0.25) is 0 Å². The molecule has 1 unspecified atom stereocenters. The van der Waals surface area contributed by atoms with Crippen LogP contribution in [0.15, 0.2) is 30.3 Å². The smallest absolute Gasteiger partial charge is 0.0228 e. The quantitative estimate of drug-likeness (QED) is 0.588. The van der Waals surface area contributed by atoms with Crippen LogP contribution in [0.25, 0.3) is 5.57 Å². The third kappa shape index (κ3) is 3.73. The fraction of sp³-hybridized carbons (Fsp3) is 0.556. The van der Waals surface area contributed by atoms with E-state index in [1.165, 1.54) is 56.1 Å². The normalized spacial score (nSPS) is 19.7. The van der Waals surface area contributed by atoms with E-state index >= 15 is 0 Å². The third-order valence-corrected chi connectivity index (χ3v) is 4.07. The Labute approximate surface area is 112 Å². The molecular weight excluding hydrogens is 216 g/mol. The van der Waals surface area contributed by atoms with Crippen LogP contribution < -0.4 is 0 Å². The van der Waals surface area contributed by atoms with E-state index in [1.54, 1.807) is 5.57 Å². The van der Waals surface area contributed by atoms with Gasteiger partial charge in [0.2, 0.25) is 0 Å². The highest BCUT2D eigenvalue weighted by molar-refractivity contribution is 5.66. The number of rotatable bonds is 5. The van der Waals surface area contributed by atoms with Gasteiger partial charge in [-0.2, -0.15) is 0 Å². The predicted molar refractivity (Wildman–Crippen MR) is 80.7 cm³/mol. The van der Waals surface area contributed by atoms with E-state index in [0.29, 0.717) is 0 Å². The van der Waals surface area contributed by atoms with Crippen molar-refractivity contribution in [3.8, 4) is 0 Å². The fourth-order valence-corrected chi connectivity index (χ4v) is 2.69. The molecule has 0 saturated heterocycles. The summed E-state index contributed by atoms with van der Waals surface area (Å²) in [5.41, 5.74) is 4.51. The van der Waals surface area contributed by atoms with E-state index in [-0.39, 0.29) is 0 Å². The molecule has 0 aromatic heterocycles. The Balaban J connectivity index is 1.95. The van der Waals surface area contributed by atoms with Gasteiger partial charge in [-0.15, -0.1) is 0 Å². The van der Waals surface area contributed by atoms with Gasteiger partial charge < -0.3 is 0 Å². The fourth-order valence-electron chi connectivity index (χ4n) is 2.69. The Bertz CT molecular complexity index is 383. The van der Waals surface area contributed by atoms with Crippen molar-refractivity contribution in [1.29, 1.82) is 0 Å². The summed E-state index contributed by atoms with van der Waals surface area (Å²) in [5.74, 6) is 0.877. The third-order valence-electron chi connectivity index (χ3n) is 4.07. The molecule has 1 aliphatic carbocycles. The minimum atomic E-state index is 0.877. The van der Waals surface area contributed by atoms with E-state index in [2.05, 4.69) is 44.2 Å². The molecule has 1 atom stereocenters. The average Bonchev–Trinajstić information content (AvgIpc) is 2.41. The largest absolute Gasteiger partial charge is 0.0805 e. The van der Waals surface area contributed by atoms with Crippen molar-refractivity contribution in [1.82, 2.24) is 0 Å². The van der Waals surface area contributed by atoms with E-state index in [4.69, 9.17) is 0 Å². The van der Waals surface area contributed by atoms with Crippen molar-refractivity contribution in [2.45, 2.75) is 58.8 Å². The molecule has 0 bridgehead atoms. The Morgan fingerprint density at radius 2 is 1.89 bits per heavy atom. The number of benzene rings is 1. The van der Waals surface area contributed by atoms with Crippen LogP contribution in [0.3, 0.4) is 0 Å². The molecule has 0 spiro atoms. The van der Waals surface area contributed by atoms with Gasteiger partial charge in [-0.3, -0.25) is 0 Å². The zero-order valence-electron chi connectivity index (χ0n) is 11.9. The summed E-state index contributed by atoms with van der Waals surface area (Å²) in [7, 11) is 0. The van der Waals surface area contributed by atoms with Crippen LogP contribution in [-0.2, 0) is 6.42 Å². The molecule has 0 radical (unpaired) electrons. The second-order valence-electron chi connectivity index (χ2n) is 5.76. The van der Waals surface area contributed by atoms with E-state index < -0.39 is 0 Å². The molecule has 2 rings (SSSR count). The molecule has 1 aromatic carbocycles. The monoisotopic (exact) mass is 242 g/mol. The van der Waals surface area contributed by atoms with Crippen molar-refractivity contribution in [2.75, 3.05) is 0 Å². The maximum absolute atomic E-state index is 2.44. The van der Waals surface area contributed by atoms with Gasteiger partial charge in [0.25, 0.3) is 0 Å². The SMILES string of the molecule is CCCCCc1ccc(C2=CCC(C)CC2)cc1. The summed E-state index contributed by atoms with van der Waals surface area (Å²) in [6, 6.07) is 9.29. The highest BCUT2D eigenvalue weighted by atomic mass is 14.2. The van der Waals surface area contributed by atoms with Crippen LogP contribution >= 0.6 is 0 Å². The van der Waals surface area contributed by atoms with Gasteiger partial charge in [0.1, 0.15) is 0 Å². The topological polar surface area (TPSA) is 0 Å². The maximum atomic E-state index is 2.44. The lowest BCUT2D eigenvalue weighted by Gasteiger charge is -2.18. The van der Waals surface area contributed by atoms with Crippen molar-refractivity contribution < 1.29 is 0 Å². The highest BCUT2D eigenvalue weighted by Gasteiger charge is 2.11. The average molecular weight is 242 g/mol. The Kier molecular flexibility index (Phi) is 5.04. The van der Waals surface area contributed by atoms with Crippen molar-refractivity contribution in [2.24, 2.45) is 5.92 Å². The molecule has 0 heteroatoms. The van der Waals surface area contributed by atoms with Gasteiger partial charge >= 0.3 is 0 Å². The van der Waals surface area contributed by atoms with Crippen LogP contribution in [0, 0.1) is 5.92 Å². The molecule has 0 fully saturated rings. The van der Waals surface area contributed by atoms with Crippen LogP contribution in [0.4, 0.5) is 0 Å². The van der Waals surface area contributed by atoms with Gasteiger partial charge in [0, 0.05) is 0 Å². The molecule has 0 amide bonds. The maximum Gasteiger partial charge on any atom is -0.0228 e. The first-order valence-electron chi connectivity index (χ1n) is 7.58. The summed E-state index contributed by atoms with van der Waals surface area (Å²) in [6.07, 6.45) is 11.5. The zero-order valence-corrected chi connectivity index (χ0v) is 11.9. The van der Waals surface area contributed by atoms with E-state index in [0.717, 1.165) is 5.92 Å². The summed E-state index contributed by atoms with van der Waals surface area (Å²) in [5, 5.41) is 0.